The van der Waals surface area contributed by atoms with Gasteiger partial charge >= 0.3 is 0 Å². The van der Waals surface area contributed by atoms with Gasteiger partial charge in [0.05, 0.1) is 24.4 Å². The Kier molecular flexibility index (Phi) is 5.94. The van der Waals surface area contributed by atoms with E-state index >= 15 is 0 Å². The van der Waals surface area contributed by atoms with Gasteiger partial charge in [-0.1, -0.05) is 81.4 Å². The number of aliphatic hydroxyl groups is 1. The van der Waals surface area contributed by atoms with Crippen LogP contribution in [-0.2, 0) is 13.9 Å². The number of benzene rings is 2. The molecular formula is C26H36O4Si. The predicted octanol–water partition coefficient (Wildman–Crippen LogP) is 3.65. The molecule has 168 valence electrons. The summed E-state index contributed by atoms with van der Waals surface area (Å²) in [4.78, 5) is 0. The molecule has 2 aromatic rings. The first-order valence-corrected chi connectivity index (χ1v) is 13.3. The first kappa shape index (κ1) is 22.7. The normalized spacial score (nSPS) is 31.4. The van der Waals surface area contributed by atoms with Crippen LogP contribution in [0.2, 0.25) is 5.04 Å². The lowest BCUT2D eigenvalue weighted by atomic mass is 9.82. The lowest BCUT2D eigenvalue weighted by Crippen LogP contribution is -2.68. The van der Waals surface area contributed by atoms with Gasteiger partial charge in [0.2, 0.25) is 0 Å². The van der Waals surface area contributed by atoms with Crippen LogP contribution in [0.25, 0.3) is 0 Å². The third-order valence-electron chi connectivity index (χ3n) is 7.12. The smallest absolute Gasteiger partial charge is 0.261 e. The summed E-state index contributed by atoms with van der Waals surface area (Å²) in [6.45, 7) is 11.9. The fraction of sp³-hybridized carbons (Fsp3) is 0.538. The maximum atomic E-state index is 11.2. The quantitative estimate of drug-likeness (QED) is 0.550. The number of ether oxygens (including phenoxy) is 2. The van der Waals surface area contributed by atoms with Crippen molar-refractivity contribution in [3.8, 4) is 0 Å². The van der Waals surface area contributed by atoms with Crippen LogP contribution in [0.5, 0.6) is 0 Å². The minimum absolute atomic E-state index is 0.112. The van der Waals surface area contributed by atoms with Crippen molar-refractivity contribution in [2.45, 2.75) is 75.9 Å². The molecular weight excluding hydrogens is 404 g/mol. The van der Waals surface area contributed by atoms with Gasteiger partial charge in [-0.25, -0.2) is 0 Å². The first-order valence-electron chi connectivity index (χ1n) is 11.4. The zero-order valence-electron chi connectivity index (χ0n) is 19.4. The van der Waals surface area contributed by atoms with E-state index in [9.17, 15) is 5.11 Å². The van der Waals surface area contributed by atoms with E-state index in [-0.39, 0.29) is 16.7 Å². The van der Waals surface area contributed by atoms with E-state index in [1.165, 1.54) is 10.4 Å². The van der Waals surface area contributed by atoms with Crippen LogP contribution in [-0.4, -0.2) is 50.0 Å². The number of hydrogen-bond donors (Lipinski definition) is 1. The number of epoxide rings is 1. The second-order valence-electron chi connectivity index (χ2n) is 10.6. The number of rotatable bonds is 6. The molecule has 2 fully saturated rings. The van der Waals surface area contributed by atoms with Crippen molar-refractivity contribution in [3.05, 3.63) is 60.7 Å². The topological polar surface area (TPSA) is 51.2 Å². The van der Waals surface area contributed by atoms with Crippen LogP contribution in [0.1, 0.15) is 47.5 Å². The predicted molar refractivity (Wildman–Crippen MR) is 126 cm³/mol. The third-order valence-corrected chi connectivity index (χ3v) is 12.1. The molecule has 2 aromatic carbocycles. The third kappa shape index (κ3) is 4.26. The Morgan fingerprint density at radius 2 is 1.48 bits per heavy atom. The molecule has 1 N–H and O–H groups in total. The van der Waals surface area contributed by atoms with Gasteiger partial charge in [0, 0.05) is 0 Å². The van der Waals surface area contributed by atoms with E-state index in [4.69, 9.17) is 13.9 Å². The monoisotopic (exact) mass is 440 g/mol. The van der Waals surface area contributed by atoms with Crippen LogP contribution < -0.4 is 10.4 Å². The van der Waals surface area contributed by atoms with Gasteiger partial charge in [0.1, 0.15) is 12.2 Å². The van der Waals surface area contributed by atoms with E-state index in [1.807, 2.05) is 19.1 Å². The van der Waals surface area contributed by atoms with E-state index in [0.29, 0.717) is 13.0 Å². The molecule has 2 saturated heterocycles. The molecule has 4 atom stereocenters. The van der Waals surface area contributed by atoms with Crippen molar-refractivity contribution in [3.63, 3.8) is 0 Å². The SMILES string of the molecule is CC(C)(C)[Si](OC[C@H]1O[C@](C)([C@@H]2CO2)CC[C@]1(C)O)(c1ccccc1)c1ccccc1. The van der Waals surface area contributed by atoms with Crippen LogP contribution in [0.4, 0.5) is 0 Å². The Morgan fingerprint density at radius 1 is 0.968 bits per heavy atom. The summed E-state index contributed by atoms with van der Waals surface area (Å²) in [5, 5.41) is 13.5. The lowest BCUT2D eigenvalue weighted by molar-refractivity contribution is -0.221. The van der Waals surface area contributed by atoms with Crippen molar-refractivity contribution in [1.29, 1.82) is 0 Å². The molecule has 2 heterocycles. The Morgan fingerprint density at radius 3 is 1.94 bits per heavy atom. The summed E-state index contributed by atoms with van der Waals surface area (Å²) in [5.41, 5.74) is -1.29. The van der Waals surface area contributed by atoms with Crippen LogP contribution in [0.15, 0.2) is 60.7 Å². The molecule has 0 aromatic heterocycles. The molecule has 0 spiro atoms. The average Bonchev–Trinajstić information content (AvgIpc) is 3.58. The Bertz CT molecular complexity index is 834. The van der Waals surface area contributed by atoms with E-state index < -0.39 is 20.0 Å². The Labute approximate surface area is 187 Å². The van der Waals surface area contributed by atoms with E-state index in [2.05, 4.69) is 76.2 Å². The van der Waals surface area contributed by atoms with Crippen molar-refractivity contribution >= 4 is 18.7 Å². The van der Waals surface area contributed by atoms with Gasteiger partial charge in [0.15, 0.2) is 0 Å². The second-order valence-corrected chi connectivity index (χ2v) is 14.9. The summed E-state index contributed by atoms with van der Waals surface area (Å²) >= 11 is 0. The highest BCUT2D eigenvalue weighted by Gasteiger charge is 2.55. The summed E-state index contributed by atoms with van der Waals surface area (Å²) in [6, 6.07) is 21.2. The van der Waals surface area contributed by atoms with Gasteiger partial charge in [0.25, 0.3) is 8.32 Å². The molecule has 31 heavy (non-hydrogen) atoms. The fourth-order valence-corrected chi connectivity index (χ4v) is 9.54. The van der Waals surface area contributed by atoms with Gasteiger partial charge < -0.3 is 19.0 Å². The van der Waals surface area contributed by atoms with Crippen LogP contribution in [0.3, 0.4) is 0 Å². The fourth-order valence-electron chi connectivity index (χ4n) is 4.99. The highest BCUT2D eigenvalue weighted by atomic mass is 28.4. The molecule has 0 saturated carbocycles. The largest absolute Gasteiger partial charge is 0.405 e. The molecule has 4 nitrogen and oxygen atoms in total. The Hall–Kier alpha value is -1.50. The highest BCUT2D eigenvalue weighted by molar-refractivity contribution is 6.99. The van der Waals surface area contributed by atoms with E-state index in [0.717, 1.165) is 13.0 Å². The standard InChI is InChI=1S/C26H36O4Si/c1-24(2,3)31(20-12-8-6-9-13-20,21-14-10-7-11-15-21)29-19-22-25(4,27)16-17-26(5,30-22)23-18-28-23/h6-15,22-23,27H,16-19H2,1-5H3/t22-,23+,25+,26+/m1/s1. The van der Waals surface area contributed by atoms with Gasteiger partial charge in [-0.3, -0.25) is 0 Å². The zero-order valence-corrected chi connectivity index (χ0v) is 20.4. The summed E-state index contributed by atoms with van der Waals surface area (Å²) in [6.07, 6.45) is 1.19. The van der Waals surface area contributed by atoms with Crippen LogP contribution in [0, 0.1) is 0 Å². The molecule has 4 rings (SSSR count). The second kappa shape index (κ2) is 8.12. The molecule has 0 aliphatic carbocycles. The molecule has 2 aliphatic rings. The lowest BCUT2D eigenvalue weighted by Gasteiger charge is -2.48. The van der Waals surface area contributed by atoms with Gasteiger partial charge in [-0.15, -0.1) is 0 Å². The molecule has 0 amide bonds. The maximum Gasteiger partial charge on any atom is 0.261 e. The van der Waals surface area contributed by atoms with E-state index in [1.54, 1.807) is 0 Å². The summed E-state index contributed by atoms with van der Waals surface area (Å²) in [5.74, 6) is 0. The zero-order chi connectivity index (χ0) is 22.3. The number of hydrogen-bond acceptors (Lipinski definition) is 4. The minimum Gasteiger partial charge on any atom is -0.405 e. The van der Waals surface area contributed by atoms with Crippen molar-refractivity contribution in [1.82, 2.24) is 0 Å². The highest BCUT2D eigenvalue weighted by Crippen LogP contribution is 2.43. The van der Waals surface area contributed by atoms with Crippen molar-refractivity contribution < 1.29 is 19.0 Å². The van der Waals surface area contributed by atoms with Crippen molar-refractivity contribution in [2.75, 3.05) is 13.2 Å². The summed E-state index contributed by atoms with van der Waals surface area (Å²) in [7, 11) is -2.68. The van der Waals surface area contributed by atoms with Gasteiger partial charge in [-0.2, -0.15) is 0 Å². The molecule has 2 aliphatic heterocycles. The van der Waals surface area contributed by atoms with Gasteiger partial charge in [-0.05, 0) is 42.1 Å². The van der Waals surface area contributed by atoms with Crippen molar-refractivity contribution in [2.24, 2.45) is 0 Å². The first-order chi connectivity index (χ1) is 14.6. The molecule has 0 bridgehead atoms. The maximum absolute atomic E-state index is 11.2. The molecule has 5 heteroatoms. The van der Waals surface area contributed by atoms with Crippen LogP contribution >= 0.6 is 0 Å². The average molecular weight is 441 g/mol. The minimum atomic E-state index is -2.68. The molecule has 0 unspecified atom stereocenters. The summed E-state index contributed by atoms with van der Waals surface area (Å²) < 4.78 is 19.1. The Balaban J connectivity index is 1.71. The molecule has 0 radical (unpaired) electrons.